The molecule has 0 radical (unpaired) electrons. The molecule has 2 nitrogen and oxygen atoms in total. The molecule has 0 saturated heterocycles. The molecular weight excluding hydrogens is 519 g/mol. The van der Waals surface area contributed by atoms with Crippen LogP contribution in [0.5, 0.6) is 0 Å². The number of oxime groups is 1. The first-order valence-electron chi connectivity index (χ1n) is 8.66. The van der Waals surface area contributed by atoms with Gasteiger partial charge in [0.1, 0.15) is 6.10 Å². The summed E-state index contributed by atoms with van der Waals surface area (Å²) in [6, 6.07) is 6.97. The number of halogens is 15. The first kappa shape index (κ1) is 27.9. The van der Waals surface area contributed by atoms with Gasteiger partial charge in [-0.2, -0.15) is 65.9 Å². The van der Waals surface area contributed by atoms with Gasteiger partial charge in [0.15, 0.2) is 0 Å². The van der Waals surface area contributed by atoms with Crippen molar-refractivity contribution in [3.63, 3.8) is 0 Å². The van der Waals surface area contributed by atoms with Crippen molar-refractivity contribution in [3.05, 3.63) is 35.9 Å². The minimum atomic E-state index is -8.30. The predicted octanol–water partition coefficient (Wildman–Crippen LogP) is 6.94. The minimum absolute atomic E-state index is 0.182. The summed E-state index contributed by atoms with van der Waals surface area (Å²) in [5, 5.41) is 3.22. The maximum Gasteiger partial charge on any atom is 0.460 e. The molecule has 194 valence electrons. The van der Waals surface area contributed by atoms with Gasteiger partial charge in [0, 0.05) is 6.42 Å². The van der Waals surface area contributed by atoms with Crippen molar-refractivity contribution in [3.8, 4) is 0 Å². The molecule has 34 heavy (non-hydrogen) atoms. The van der Waals surface area contributed by atoms with Crippen LogP contribution in [0.3, 0.4) is 0 Å². The number of rotatable bonds is 8. The van der Waals surface area contributed by atoms with E-state index in [0.717, 1.165) is 0 Å². The lowest BCUT2D eigenvalue weighted by Gasteiger charge is -2.41. The van der Waals surface area contributed by atoms with Crippen LogP contribution in [0.25, 0.3) is 0 Å². The van der Waals surface area contributed by atoms with Crippen molar-refractivity contribution in [1.82, 2.24) is 0 Å². The number of benzene rings is 1. The van der Waals surface area contributed by atoms with Crippen LogP contribution in [0.4, 0.5) is 65.9 Å². The van der Waals surface area contributed by atoms with E-state index in [1.54, 1.807) is 0 Å². The lowest BCUT2D eigenvalue weighted by molar-refractivity contribution is -0.453. The molecule has 17 heteroatoms. The van der Waals surface area contributed by atoms with Crippen LogP contribution in [0.1, 0.15) is 18.4 Å². The van der Waals surface area contributed by atoms with Gasteiger partial charge in [-0.3, -0.25) is 0 Å². The van der Waals surface area contributed by atoms with Gasteiger partial charge >= 0.3 is 41.7 Å². The van der Waals surface area contributed by atoms with Crippen LogP contribution in [0.2, 0.25) is 0 Å². The first-order valence-corrected chi connectivity index (χ1v) is 8.66. The smallest absolute Gasteiger partial charge is 0.392 e. The zero-order valence-corrected chi connectivity index (χ0v) is 15.9. The topological polar surface area (TPSA) is 21.6 Å². The SMILES string of the molecule is FC(F)(F)C(F)(F)C(F)(F)C(F)(F)C(F)(F)C(F)(F)C(F)(F)CC1CC(c2ccccc2)=NO1. The Balaban J connectivity index is 2.33. The molecule has 0 N–H and O–H groups in total. The summed E-state index contributed by atoms with van der Waals surface area (Å²) >= 11 is 0. The highest BCUT2D eigenvalue weighted by Gasteiger charge is 2.93. The summed E-state index contributed by atoms with van der Waals surface area (Å²) in [4.78, 5) is 4.34. The Morgan fingerprint density at radius 3 is 1.56 bits per heavy atom. The fraction of sp³-hybridized carbons (Fsp3) is 0.588. The van der Waals surface area contributed by atoms with E-state index in [-0.39, 0.29) is 11.3 Å². The first-order chi connectivity index (χ1) is 15.0. The standard InChI is InChI=1S/C17H10F15NO/c18-11(19,7-9-6-10(33-34-9)8-4-2-1-3-5-8)12(20,21)13(22,23)14(24,25)15(26,27)16(28,29)17(30,31)32/h1-5,9H,6-7H2. The zero-order chi connectivity index (χ0) is 26.6. The number of nitrogens with zero attached hydrogens (tertiary/aromatic N) is 1. The Labute approximate surface area is 179 Å². The maximum atomic E-state index is 14.0. The van der Waals surface area contributed by atoms with Crippen molar-refractivity contribution in [2.75, 3.05) is 0 Å². The average Bonchev–Trinajstić information content (AvgIpc) is 3.14. The molecule has 0 aromatic heterocycles. The van der Waals surface area contributed by atoms with Gasteiger partial charge in [-0.25, -0.2) is 0 Å². The molecule has 0 aliphatic carbocycles. The van der Waals surface area contributed by atoms with E-state index in [9.17, 15) is 65.9 Å². The van der Waals surface area contributed by atoms with E-state index in [2.05, 4.69) is 9.99 Å². The van der Waals surface area contributed by atoms with Gasteiger partial charge in [0.05, 0.1) is 12.1 Å². The van der Waals surface area contributed by atoms with E-state index in [0.29, 0.717) is 0 Å². The molecule has 1 aromatic rings. The largest absolute Gasteiger partial charge is 0.460 e. The maximum absolute atomic E-state index is 14.0. The summed E-state index contributed by atoms with van der Waals surface area (Å²) in [5.74, 6) is -46.6. The second-order valence-electron chi connectivity index (χ2n) is 7.11. The Hall–Kier alpha value is -2.36. The molecule has 2 rings (SSSR count). The van der Waals surface area contributed by atoms with Crippen LogP contribution in [-0.4, -0.2) is 53.5 Å². The molecule has 1 aliphatic rings. The monoisotopic (exact) mass is 529 g/mol. The number of alkyl halides is 15. The van der Waals surface area contributed by atoms with Gasteiger partial charge in [0.2, 0.25) is 0 Å². The Morgan fingerprint density at radius 1 is 0.647 bits per heavy atom. The molecule has 1 unspecified atom stereocenters. The van der Waals surface area contributed by atoms with Gasteiger partial charge in [-0.05, 0) is 5.56 Å². The van der Waals surface area contributed by atoms with E-state index in [1.165, 1.54) is 30.3 Å². The molecule has 1 aromatic carbocycles. The molecular formula is C17H10F15NO. The third-order valence-electron chi connectivity index (χ3n) is 4.72. The lowest BCUT2D eigenvalue weighted by atomic mass is 9.88. The quantitative estimate of drug-likeness (QED) is 0.335. The van der Waals surface area contributed by atoms with Gasteiger partial charge in [-0.1, -0.05) is 35.5 Å². The minimum Gasteiger partial charge on any atom is -0.392 e. The van der Waals surface area contributed by atoms with Crippen LogP contribution in [0, 0.1) is 0 Å². The molecule has 0 amide bonds. The average molecular weight is 529 g/mol. The fourth-order valence-electron chi connectivity index (χ4n) is 2.75. The Kier molecular flexibility index (Phi) is 6.64. The summed E-state index contributed by atoms with van der Waals surface area (Å²) < 4.78 is 198. The van der Waals surface area contributed by atoms with E-state index in [4.69, 9.17) is 0 Å². The normalized spacial score (nSPS) is 19.1. The Bertz CT molecular complexity index is 907. The second kappa shape index (κ2) is 8.10. The molecule has 0 bridgehead atoms. The predicted molar refractivity (Wildman–Crippen MR) is 82.8 cm³/mol. The van der Waals surface area contributed by atoms with Crippen molar-refractivity contribution in [2.24, 2.45) is 5.16 Å². The van der Waals surface area contributed by atoms with Gasteiger partial charge in [-0.15, -0.1) is 0 Å². The van der Waals surface area contributed by atoms with Crippen molar-refractivity contribution in [2.45, 2.75) is 60.7 Å². The molecule has 1 heterocycles. The van der Waals surface area contributed by atoms with Crippen molar-refractivity contribution in [1.29, 1.82) is 0 Å². The van der Waals surface area contributed by atoms with E-state index >= 15 is 0 Å². The molecule has 0 spiro atoms. The highest BCUT2D eigenvalue weighted by atomic mass is 19.4. The third-order valence-corrected chi connectivity index (χ3v) is 4.72. The van der Waals surface area contributed by atoms with Gasteiger partial charge in [0.25, 0.3) is 0 Å². The third kappa shape index (κ3) is 4.03. The summed E-state index contributed by atoms with van der Waals surface area (Å²) in [6.45, 7) is 0. The molecule has 1 aliphatic heterocycles. The van der Waals surface area contributed by atoms with Crippen molar-refractivity contribution >= 4 is 5.71 Å². The van der Waals surface area contributed by atoms with Gasteiger partial charge < -0.3 is 4.84 Å². The highest BCUT2D eigenvalue weighted by molar-refractivity contribution is 6.01. The van der Waals surface area contributed by atoms with E-state index in [1.807, 2.05) is 0 Å². The molecule has 1 atom stereocenters. The van der Waals surface area contributed by atoms with Crippen LogP contribution >= 0.6 is 0 Å². The van der Waals surface area contributed by atoms with Crippen molar-refractivity contribution < 1.29 is 70.7 Å². The number of hydrogen-bond acceptors (Lipinski definition) is 2. The van der Waals surface area contributed by atoms with E-state index < -0.39 is 60.7 Å². The Morgan fingerprint density at radius 2 is 1.09 bits per heavy atom. The summed E-state index contributed by atoms with van der Waals surface area (Å²) in [5.41, 5.74) is 0.00382. The number of hydrogen-bond donors (Lipinski definition) is 0. The lowest BCUT2D eigenvalue weighted by Crippen LogP contribution is -2.72. The second-order valence-corrected chi connectivity index (χ2v) is 7.11. The fourth-order valence-corrected chi connectivity index (χ4v) is 2.75. The molecule has 0 saturated carbocycles. The summed E-state index contributed by atoms with van der Waals surface area (Å²) in [6.07, 6.45) is -13.2. The van der Waals surface area contributed by atoms with Crippen LogP contribution < -0.4 is 0 Å². The van der Waals surface area contributed by atoms with Crippen LogP contribution in [0.15, 0.2) is 35.5 Å². The summed E-state index contributed by atoms with van der Waals surface area (Å²) in [7, 11) is 0. The zero-order valence-electron chi connectivity index (χ0n) is 15.9. The molecule has 0 fully saturated rings. The highest BCUT2D eigenvalue weighted by Crippen LogP contribution is 2.62. The van der Waals surface area contributed by atoms with Crippen LogP contribution in [-0.2, 0) is 4.84 Å².